The molecule has 1 aliphatic rings. The van der Waals surface area contributed by atoms with E-state index in [0.29, 0.717) is 13.2 Å². The number of hydrogen-bond acceptors (Lipinski definition) is 4. The van der Waals surface area contributed by atoms with Crippen molar-refractivity contribution < 1.29 is 24.2 Å². The number of ether oxygens (including phenoxy) is 2. The first-order valence-corrected chi connectivity index (χ1v) is 5.55. The number of carbonyl (C=O) groups is 2. The highest BCUT2D eigenvalue weighted by Crippen LogP contribution is 2.19. The maximum atomic E-state index is 11.8. The van der Waals surface area contributed by atoms with Crippen LogP contribution in [-0.2, 0) is 19.1 Å². The summed E-state index contributed by atoms with van der Waals surface area (Å²) in [6.45, 7) is 6.25. The van der Waals surface area contributed by atoms with E-state index < -0.39 is 29.4 Å². The summed E-state index contributed by atoms with van der Waals surface area (Å²) in [4.78, 5) is 22.9. The summed E-state index contributed by atoms with van der Waals surface area (Å²) in [5, 5.41) is 11.6. The van der Waals surface area contributed by atoms with Gasteiger partial charge in [-0.05, 0) is 5.41 Å². The van der Waals surface area contributed by atoms with Gasteiger partial charge in [-0.3, -0.25) is 4.79 Å². The molecule has 6 nitrogen and oxygen atoms in total. The lowest BCUT2D eigenvalue weighted by molar-refractivity contribution is -0.154. The predicted molar refractivity (Wildman–Crippen MR) is 59.6 cm³/mol. The van der Waals surface area contributed by atoms with E-state index in [9.17, 15) is 9.59 Å². The number of carbonyl (C=O) groups excluding carboxylic acids is 1. The van der Waals surface area contributed by atoms with Crippen LogP contribution in [0, 0.1) is 5.41 Å². The summed E-state index contributed by atoms with van der Waals surface area (Å²) < 4.78 is 10.3. The lowest BCUT2D eigenvalue weighted by Crippen LogP contribution is -2.54. The van der Waals surface area contributed by atoms with E-state index in [1.54, 1.807) is 20.8 Å². The third kappa shape index (κ3) is 3.98. The number of rotatable bonds is 3. The zero-order chi connectivity index (χ0) is 13.1. The van der Waals surface area contributed by atoms with E-state index in [-0.39, 0.29) is 6.61 Å². The van der Waals surface area contributed by atoms with Crippen LogP contribution in [0.15, 0.2) is 0 Å². The van der Waals surface area contributed by atoms with Gasteiger partial charge in [-0.1, -0.05) is 20.8 Å². The minimum atomic E-state index is -1.05. The summed E-state index contributed by atoms with van der Waals surface area (Å²) in [7, 11) is 0. The fourth-order valence-corrected chi connectivity index (χ4v) is 1.52. The maximum absolute atomic E-state index is 11.8. The van der Waals surface area contributed by atoms with Crippen molar-refractivity contribution >= 4 is 11.9 Å². The van der Waals surface area contributed by atoms with Crippen LogP contribution in [0.3, 0.4) is 0 Å². The van der Waals surface area contributed by atoms with Crippen molar-refractivity contribution in [1.29, 1.82) is 0 Å². The molecule has 1 rings (SSSR count). The van der Waals surface area contributed by atoms with E-state index >= 15 is 0 Å². The van der Waals surface area contributed by atoms with Gasteiger partial charge in [0.2, 0.25) is 0 Å². The third-order valence-electron chi connectivity index (χ3n) is 2.51. The molecule has 2 N–H and O–H groups in total. The van der Waals surface area contributed by atoms with Crippen molar-refractivity contribution in [2.24, 2.45) is 5.41 Å². The van der Waals surface area contributed by atoms with Gasteiger partial charge in [-0.15, -0.1) is 0 Å². The summed E-state index contributed by atoms with van der Waals surface area (Å²) >= 11 is 0. The standard InChI is InChI=1S/C11H19NO5/c1-11(2,3)8(10(14)15)12-9(13)7-6-16-4-5-17-7/h7-8H,4-6H2,1-3H3,(H,12,13)(H,14,15)/t7?,8-/m0/s1. The Bertz CT molecular complexity index is 291. The molecule has 98 valence electrons. The molecule has 0 aliphatic carbocycles. The van der Waals surface area contributed by atoms with Crippen LogP contribution in [0.5, 0.6) is 0 Å². The molecule has 0 aromatic rings. The SMILES string of the molecule is CC(C)(C)[C@@H](NC(=O)C1COCCO1)C(=O)O. The molecule has 0 bridgehead atoms. The topological polar surface area (TPSA) is 84.9 Å². The molecule has 1 aliphatic heterocycles. The van der Waals surface area contributed by atoms with Crippen molar-refractivity contribution in [2.45, 2.75) is 32.9 Å². The van der Waals surface area contributed by atoms with Gasteiger partial charge in [-0.2, -0.15) is 0 Å². The van der Waals surface area contributed by atoms with Crippen molar-refractivity contribution in [2.75, 3.05) is 19.8 Å². The van der Waals surface area contributed by atoms with Gasteiger partial charge in [0.05, 0.1) is 19.8 Å². The number of carboxylic acids is 1. The van der Waals surface area contributed by atoms with Crippen molar-refractivity contribution in [3.8, 4) is 0 Å². The summed E-state index contributed by atoms with van der Waals surface area (Å²) in [5.41, 5.74) is -0.559. The van der Waals surface area contributed by atoms with E-state index in [0.717, 1.165) is 0 Å². The van der Waals surface area contributed by atoms with Gasteiger partial charge < -0.3 is 19.9 Å². The molecule has 1 heterocycles. The molecule has 1 unspecified atom stereocenters. The zero-order valence-corrected chi connectivity index (χ0v) is 10.4. The average molecular weight is 245 g/mol. The largest absolute Gasteiger partial charge is 0.480 e. The Morgan fingerprint density at radius 2 is 2.00 bits per heavy atom. The molecule has 1 saturated heterocycles. The Morgan fingerprint density at radius 1 is 1.35 bits per heavy atom. The van der Waals surface area contributed by atoms with E-state index in [2.05, 4.69) is 5.32 Å². The van der Waals surface area contributed by atoms with Gasteiger partial charge >= 0.3 is 5.97 Å². The maximum Gasteiger partial charge on any atom is 0.326 e. The lowest BCUT2D eigenvalue weighted by Gasteiger charge is -2.30. The highest BCUT2D eigenvalue weighted by atomic mass is 16.6. The number of carboxylic acid groups (broad SMARTS) is 1. The van der Waals surface area contributed by atoms with Gasteiger partial charge in [0.25, 0.3) is 5.91 Å². The van der Waals surface area contributed by atoms with Crippen molar-refractivity contribution in [3.05, 3.63) is 0 Å². The fourth-order valence-electron chi connectivity index (χ4n) is 1.52. The minimum Gasteiger partial charge on any atom is -0.480 e. The molecular formula is C11H19NO5. The minimum absolute atomic E-state index is 0.169. The third-order valence-corrected chi connectivity index (χ3v) is 2.51. The van der Waals surface area contributed by atoms with E-state index in [1.807, 2.05) is 0 Å². The second-order valence-electron chi connectivity index (χ2n) is 5.08. The zero-order valence-electron chi connectivity index (χ0n) is 10.4. The number of aliphatic carboxylic acids is 1. The molecule has 1 fully saturated rings. The molecule has 17 heavy (non-hydrogen) atoms. The van der Waals surface area contributed by atoms with Crippen molar-refractivity contribution in [3.63, 3.8) is 0 Å². The smallest absolute Gasteiger partial charge is 0.326 e. The Hall–Kier alpha value is -1.14. The van der Waals surface area contributed by atoms with Gasteiger partial charge in [0.15, 0.2) is 6.10 Å². The van der Waals surface area contributed by atoms with Crippen LogP contribution in [-0.4, -0.2) is 48.9 Å². The van der Waals surface area contributed by atoms with E-state index in [4.69, 9.17) is 14.6 Å². The van der Waals surface area contributed by atoms with Gasteiger partial charge in [0.1, 0.15) is 6.04 Å². The molecule has 0 aromatic carbocycles. The molecule has 0 spiro atoms. The monoisotopic (exact) mass is 245 g/mol. The normalized spacial score (nSPS) is 22.9. The van der Waals surface area contributed by atoms with E-state index in [1.165, 1.54) is 0 Å². The quantitative estimate of drug-likeness (QED) is 0.732. The molecular weight excluding hydrogens is 226 g/mol. The van der Waals surface area contributed by atoms with Crippen LogP contribution in [0.1, 0.15) is 20.8 Å². The van der Waals surface area contributed by atoms with Crippen LogP contribution < -0.4 is 5.32 Å². The van der Waals surface area contributed by atoms with Crippen LogP contribution in [0.4, 0.5) is 0 Å². The second kappa shape index (κ2) is 5.46. The average Bonchev–Trinajstić information content (AvgIpc) is 2.24. The van der Waals surface area contributed by atoms with Gasteiger partial charge in [-0.25, -0.2) is 4.79 Å². The van der Waals surface area contributed by atoms with Gasteiger partial charge in [0, 0.05) is 0 Å². The first-order chi connectivity index (χ1) is 7.82. The van der Waals surface area contributed by atoms with Crippen LogP contribution in [0.25, 0.3) is 0 Å². The molecule has 1 amide bonds. The molecule has 0 aromatic heterocycles. The molecule has 6 heteroatoms. The number of hydrogen-bond donors (Lipinski definition) is 2. The highest BCUT2D eigenvalue weighted by Gasteiger charge is 2.35. The number of nitrogens with one attached hydrogen (secondary N) is 1. The van der Waals surface area contributed by atoms with Crippen LogP contribution >= 0.6 is 0 Å². The summed E-state index contributed by atoms with van der Waals surface area (Å²) in [5.74, 6) is -1.49. The highest BCUT2D eigenvalue weighted by molar-refractivity contribution is 5.86. The summed E-state index contributed by atoms with van der Waals surface area (Å²) in [6.07, 6.45) is -0.715. The molecule has 2 atom stereocenters. The fraction of sp³-hybridized carbons (Fsp3) is 0.818. The summed E-state index contributed by atoms with van der Waals surface area (Å²) in [6, 6.07) is -0.944. The lowest BCUT2D eigenvalue weighted by atomic mass is 9.86. The first kappa shape index (κ1) is 13.9. The predicted octanol–water partition coefficient (Wildman–Crippen LogP) is 0.0173. The molecule has 0 saturated carbocycles. The Kier molecular flexibility index (Phi) is 4.47. The van der Waals surface area contributed by atoms with Crippen LogP contribution in [0.2, 0.25) is 0 Å². The Morgan fingerprint density at radius 3 is 2.41 bits per heavy atom. The second-order valence-corrected chi connectivity index (χ2v) is 5.08. The first-order valence-electron chi connectivity index (χ1n) is 5.55. The molecule has 0 radical (unpaired) electrons. The Balaban J connectivity index is 2.60. The Labute approximate surface area is 100 Å². The number of amides is 1. The van der Waals surface area contributed by atoms with Crippen molar-refractivity contribution in [1.82, 2.24) is 5.32 Å².